The van der Waals surface area contributed by atoms with Crippen molar-refractivity contribution in [3.05, 3.63) is 62.4 Å². The Morgan fingerprint density at radius 2 is 2.11 bits per heavy atom. The monoisotopic (exact) mass is 407 g/mol. The van der Waals surface area contributed by atoms with Gasteiger partial charge in [0.05, 0.1) is 11.5 Å². The minimum atomic E-state index is -0.539. The lowest BCUT2D eigenvalue weighted by Gasteiger charge is -2.05. The highest BCUT2D eigenvalue weighted by Crippen LogP contribution is 2.22. The minimum Gasteiger partial charge on any atom is -0.292 e. The molecule has 3 rings (SSSR count). The van der Waals surface area contributed by atoms with Crippen molar-refractivity contribution in [2.75, 3.05) is 5.32 Å². The molecule has 0 aliphatic carbocycles. The van der Waals surface area contributed by atoms with E-state index in [4.69, 9.17) is 11.6 Å². The fraction of sp³-hybridized carbons (Fsp3) is 0.250. The van der Waals surface area contributed by atoms with Gasteiger partial charge in [-0.2, -0.15) is 5.10 Å². The summed E-state index contributed by atoms with van der Waals surface area (Å²) in [5, 5.41) is 21.8. The van der Waals surface area contributed by atoms with E-state index < -0.39 is 16.6 Å². The average Bonchev–Trinajstić information content (AvgIpc) is 3.15. The summed E-state index contributed by atoms with van der Waals surface area (Å²) in [7, 11) is 0. The first-order valence-electron chi connectivity index (χ1n) is 8.07. The lowest BCUT2D eigenvalue weighted by Crippen LogP contribution is -2.21. The van der Waals surface area contributed by atoms with Crippen LogP contribution in [0.4, 0.5) is 16.0 Å². The van der Waals surface area contributed by atoms with Crippen LogP contribution in [0.2, 0.25) is 5.02 Å². The number of carbonyl (C=O) groups is 1. The maximum Gasteiger partial charge on any atom is 0.312 e. The number of nitrogens with zero attached hydrogens (tertiary/aromatic N) is 6. The number of amides is 1. The highest BCUT2D eigenvalue weighted by atomic mass is 35.5. The molecule has 0 unspecified atom stereocenters. The molecule has 1 N–H and O–H groups in total. The first kappa shape index (κ1) is 19.4. The van der Waals surface area contributed by atoms with Crippen LogP contribution in [0, 0.1) is 29.8 Å². The summed E-state index contributed by atoms with van der Waals surface area (Å²) in [6, 6.07) is 4.35. The molecule has 0 aliphatic heterocycles. The molecular formula is C16H15ClFN7O3. The van der Waals surface area contributed by atoms with Crippen molar-refractivity contribution in [1.82, 2.24) is 24.5 Å². The molecule has 10 nitrogen and oxygen atoms in total. The zero-order valence-electron chi connectivity index (χ0n) is 14.9. The summed E-state index contributed by atoms with van der Waals surface area (Å²) in [5.41, 5.74) is 0.615. The van der Waals surface area contributed by atoms with E-state index in [9.17, 15) is 19.3 Å². The number of benzene rings is 1. The van der Waals surface area contributed by atoms with E-state index in [2.05, 4.69) is 20.5 Å². The molecule has 1 aromatic carbocycles. The third-order valence-electron chi connectivity index (χ3n) is 3.99. The average molecular weight is 408 g/mol. The second-order valence-corrected chi connectivity index (χ2v) is 6.36. The summed E-state index contributed by atoms with van der Waals surface area (Å²) in [6.07, 6.45) is 1.33. The summed E-state index contributed by atoms with van der Waals surface area (Å²) >= 11 is 5.98. The number of rotatable bonds is 6. The van der Waals surface area contributed by atoms with E-state index in [1.165, 1.54) is 41.7 Å². The van der Waals surface area contributed by atoms with Crippen LogP contribution in [-0.4, -0.2) is 35.4 Å². The normalized spacial score (nSPS) is 10.9. The summed E-state index contributed by atoms with van der Waals surface area (Å²) in [5.74, 6) is -0.977. The molecule has 0 fully saturated rings. The van der Waals surface area contributed by atoms with Crippen LogP contribution < -0.4 is 5.32 Å². The zero-order valence-corrected chi connectivity index (χ0v) is 15.6. The van der Waals surface area contributed by atoms with Crippen molar-refractivity contribution < 1.29 is 14.1 Å². The quantitative estimate of drug-likeness (QED) is 0.495. The molecule has 146 valence electrons. The number of hydrogen-bond donors (Lipinski definition) is 1. The summed E-state index contributed by atoms with van der Waals surface area (Å²) in [6.45, 7) is 2.80. The van der Waals surface area contributed by atoms with Crippen LogP contribution in [0.25, 0.3) is 0 Å². The largest absolute Gasteiger partial charge is 0.312 e. The van der Waals surface area contributed by atoms with Crippen molar-refractivity contribution in [3.8, 4) is 0 Å². The van der Waals surface area contributed by atoms with E-state index in [-0.39, 0.29) is 46.7 Å². The topological polar surface area (TPSA) is 121 Å². The van der Waals surface area contributed by atoms with Gasteiger partial charge in [0, 0.05) is 10.6 Å². The number of nitro groups is 1. The van der Waals surface area contributed by atoms with Crippen LogP contribution in [0.1, 0.15) is 17.0 Å². The van der Waals surface area contributed by atoms with Crippen molar-refractivity contribution in [2.45, 2.75) is 26.9 Å². The zero-order chi connectivity index (χ0) is 20.4. The van der Waals surface area contributed by atoms with Crippen LogP contribution >= 0.6 is 11.6 Å². The van der Waals surface area contributed by atoms with Gasteiger partial charge >= 0.3 is 5.69 Å². The van der Waals surface area contributed by atoms with Gasteiger partial charge in [-0.25, -0.2) is 14.1 Å². The Bertz CT molecular complexity index is 1040. The molecule has 0 saturated carbocycles. The van der Waals surface area contributed by atoms with Crippen molar-refractivity contribution in [2.24, 2.45) is 0 Å². The summed E-state index contributed by atoms with van der Waals surface area (Å²) < 4.78 is 16.4. The van der Waals surface area contributed by atoms with E-state index in [1.54, 1.807) is 6.07 Å². The number of nitrogens with one attached hydrogen (secondary N) is 1. The maximum absolute atomic E-state index is 13.9. The van der Waals surface area contributed by atoms with Gasteiger partial charge in [-0.05, 0) is 26.0 Å². The Balaban J connectivity index is 1.68. The van der Waals surface area contributed by atoms with Crippen LogP contribution in [-0.2, 0) is 17.9 Å². The molecule has 3 aromatic rings. The van der Waals surface area contributed by atoms with Gasteiger partial charge in [-0.3, -0.25) is 24.9 Å². The second-order valence-electron chi connectivity index (χ2n) is 5.95. The number of aromatic nitrogens is 5. The molecular weight excluding hydrogens is 393 g/mol. The van der Waals surface area contributed by atoms with Gasteiger partial charge in [0.1, 0.15) is 30.1 Å². The van der Waals surface area contributed by atoms with Gasteiger partial charge in [0.2, 0.25) is 11.9 Å². The molecule has 2 aromatic heterocycles. The van der Waals surface area contributed by atoms with E-state index in [0.29, 0.717) is 0 Å². The van der Waals surface area contributed by atoms with Crippen molar-refractivity contribution >= 4 is 29.1 Å². The Hall–Kier alpha value is -3.34. The molecule has 2 heterocycles. The van der Waals surface area contributed by atoms with Crippen LogP contribution in [0.5, 0.6) is 0 Å². The molecule has 0 bridgehead atoms. The predicted octanol–water partition coefficient (Wildman–Crippen LogP) is 2.48. The molecule has 0 radical (unpaired) electrons. The van der Waals surface area contributed by atoms with Gasteiger partial charge in [0.15, 0.2) is 0 Å². The number of aryl methyl sites for hydroxylation is 1. The third kappa shape index (κ3) is 3.98. The van der Waals surface area contributed by atoms with Gasteiger partial charge < -0.3 is 0 Å². The number of halogens is 2. The number of anilines is 1. The highest BCUT2D eigenvalue weighted by molar-refractivity contribution is 6.31. The van der Waals surface area contributed by atoms with Crippen LogP contribution in [0.3, 0.4) is 0 Å². The maximum atomic E-state index is 13.9. The smallest absolute Gasteiger partial charge is 0.292 e. The Kier molecular flexibility index (Phi) is 5.36. The lowest BCUT2D eigenvalue weighted by molar-refractivity contribution is -0.386. The van der Waals surface area contributed by atoms with E-state index in [0.717, 1.165) is 0 Å². The van der Waals surface area contributed by atoms with Gasteiger partial charge in [0.25, 0.3) is 0 Å². The molecule has 0 aliphatic rings. The van der Waals surface area contributed by atoms with Crippen molar-refractivity contribution in [1.29, 1.82) is 0 Å². The predicted molar refractivity (Wildman–Crippen MR) is 97.5 cm³/mol. The SMILES string of the molecule is Cc1nn(CC(=O)Nc2ncn(Cc3c(F)cccc3Cl)n2)c(C)c1[N+](=O)[O-]. The second kappa shape index (κ2) is 7.72. The first-order chi connectivity index (χ1) is 13.3. The molecule has 12 heteroatoms. The van der Waals surface area contributed by atoms with Gasteiger partial charge in [-0.15, -0.1) is 5.10 Å². The molecule has 0 spiro atoms. The van der Waals surface area contributed by atoms with Gasteiger partial charge in [-0.1, -0.05) is 17.7 Å². The Labute approximate surface area is 163 Å². The first-order valence-corrected chi connectivity index (χ1v) is 8.44. The fourth-order valence-electron chi connectivity index (χ4n) is 2.68. The molecule has 0 saturated heterocycles. The summed E-state index contributed by atoms with van der Waals surface area (Å²) in [4.78, 5) is 26.6. The Morgan fingerprint density at radius 3 is 2.75 bits per heavy atom. The minimum absolute atomic E-state index is 0.00786. The molecule has 1 amide bonds. The van der Waals surface area contributed by atoms with Crippen molar-refractivity contribution in [3.63, 3.8) is 0 Å². The third-order valence-corrected chi connectivity index (χ3v) is 4.34. The lowest BCUT2D eigenvalue weighted by atomic mass is 10.2. The van der Waals surface area contributed by atoms with Crippen LogP contribution in [0.15, 0.2) is 24.5 Å². The van der Waals surface area contributed by atoms with E-state index >= 15 is 0 Å². The standard InChI is InChI=1S/C16H15ClFN7O3/c1-9-15(25(27)28)10(2)24(21-9)7-14(26)20-16-19-8-23(22-16)6-11-12(17)4-3-5-13(11)18/h3-5,8H,6-7H2,1-2H3,(H,20,22,26). The van der Waals surface area contributed by atoms with E-state index in [1.807, 2.05) is 0 Å². The fourth-order valence-corrected chi connectivity index (χ4v) is 2.90. The molecule has 28 heavy (non-hydrogen) atoms. The molecule has 0 atom stereocenters. The Morgan fingerprint density at radius 1 is 1.36 bits per heavy atom. The number of hydrogen-bond acceptors (Lipinski definition) is 6. The highest BCUT2D eigenvalue weighted by Gasteiger charge is 2.23. The number of carbonyl (C=O) groups excluding carboxylic acids is 1.